The number of nitroso groups, excluding NO2 is 1. The average Bonchev–Trinajstić information content (AvgIpc) is 3.68. The Morgan fingerprint density at radius 3 is 2.25 bits per heavy atom. The van der Waals surface area contributed by atoms with Crippen molar-refractivity contribution in [2.75, 3.05) is 52.4 Å². The first-order chi connectivity index (χ1) is 26.5. The fourth-order valence-corrected chi connectivity index (χ4v) is 5.42. The van der Waals surface area contributed by atoms with Crippen molar-refractivity contribution in [2.45, 2.75) is 54.0 Å². The Kier molecular flexibility index (Phi) is 20.1. The van der Waals surface area contributed by atoms with Crippen LogP contribution in [0.4, 0.5) is 5.69 Å². The molecule has 1 saturated heterocycles. The normalized spacial score (nSPS) is 13.1. The summed E-state index contributed by atoms with van der Waals surface area (Å²) in [5.41, 5.74) is 6.00. The first-order valence-corrected chi connectivity index (χ1v) is 18.2. The minimum absolute atomic E-state index is 0.0208. The van der Waals surface area contributed by atoms with Crippen LogP contribution in [0.25, 0.3) is 0 Å². The van der Waals surface area contributed by atoms with Crippen LogP contribution in [0.2, 0.25) is 0 Å². The SMILES string of the molecule is C=C/C=C\C.CCC/C=C(\C)N(C)C(=O)c1cc(C(=O)N=O)ccc1C=O.CNc1ccc(C)cc1C.O=CN1CCN(Cc2ccc3c(c2)OCO3)CC1. The number of allylic oxidation sites excluding steroid dienone is 5. The molecule has 0 atom stereocenters. The van der Waals surface area contributed by atoms with Gasteiger partial charge in [-0.1, -0.05) is 74.1 Å². The maximum Gasteiger partial charge on any atom is 0.316 e. The highest BCUT2D eigenvalue weighted by molar-refractivity contribution is 6.05. The second-order valence-corrected chi connectivity index (χ2v) is 12.7. The van der Waals surface area contributed by atoms with Crippen molar-refractivity contribution < 1.29 is 28.7 Å². The molecule has 0 aromatic heterocycles. The summed E-state index contributed by atoms with van der Waals surface area (Å²) in [7, 11) is 3.53. The zero-order valence-electron chi connectivity index (χ0n) is 33.2. The van der Waals surface area contributed by atoms with Crippen molar-refractivity contribution in [1.82, 2.24) is 14.7 Å². The summed E-state index contributed by atoms with van der Waals surface area (Å²) in [6.45, 7) is 18.1. The van der Waals surface area contributed by atoms with Crippen LogP contribution < -0.4 is 14.8 Å². The van der Waals surface area contributed by atoms with Gasteiger partial charge in [-0.25, -0.2) is 0 Å². The van der Waals surface area contributed by atoms with Crippen LogP contribution in [0.15, 0.2) is 96.4 Å². The molecule has 3 aromatic carbocycles. The number of rotatable bonds is 11. The molecule has 2 aliphatic heterocycles. The zero-order chi connectivity index (χ0) is 40.8. The van der Waals surface area contributed by atoms with Gasteiger partial charge in [-0.3, -0.25) is 24.1 Å². The van der Waals surface area contributed by atoms with Crippen LogP contribution in [0, 0.1) is 18.8 Å². The van der Waals surface area contributed by atoms with E-state index in [1.54, 1.807) is 20.0 Å². The van der Waals surface area contributed by atoms with Crippen molar-refractivity contribution in [3.63, 3.8) is 0 Å². The number of carbonyl (C=O) groups is 4. The first-order valence-electron chi connectivity index (χ1n) is 18.2. The number of nitrogens with one attached hydrogen (secondary N) is 1. The highest BCUT2D eigenvalue weighted by Crippen LogP contribution is 2.32. The molecule has 0 radical (unpaired) electrons. The van der Waals surface area contributed by atoms with Gasteiger partial charge in [-0.15, -0.1) is 4.91 Å². The quantitative estimate of drug-likeness (QED) is 0.117. The maximum atomic E-state index is 12.5. The minimum Gasteiger partial charge on any atom is -0.454 e. The summed E-state index contributed by atoms with van der Waals surface area (Å²) in [5, 5.41) is 5.44. The first kappa shape index (κ1) is 45.3. The monoisotopic (exact) mass is 753 g/mol. The van der Waals surface area contributed by atoms with Crippen LogP contribution in [0.1, 0.15) is 81.4 Å². The minimum atomic E-state index is -0.979. The van der Waals surface area contributed by atoms with Gasteiger partial charge in [0.05, 0.1) is 5.56 Å². The molecule has 3 aromatic rings. The third-order valence-corrected chi connectivity index (χ3v) is 8.68. The fourth-order valence-electron chi connectivity index (χ4n) is 5.42. The van der Waals surface area contributed by atoms with Crippen molar-refractivity contribution >= 4 is 30.2 Å². The molecule has 55 heavy (non-hydrogen) atoms. The van der Waals surface area contributed by atoms with Crippen LogP contribution >= 0.6 is 0 Å². The highest BCUT2D eigenvalue weighted by atomic mass is 16.7. The lowest BCUT2D eigenvalue weighted by Gasteiger charge is -2.32. The van der Waals surface area contributed by atoms with Crippen molar-refractivity contribution in [2.24, 2.45) is 5.18 Å². The molecule has 294 valence electrons. The van der Waals surface area contributed by atoms with Crippen molar-refractivity contribution in [3.8, 4) is 11.5 Å². The standard InChI is InChI=1S/C16H18N2O4.C13H16N2O3.C9H13N.C5H8/c1-4-5-6-11(2)18(3)16(21)14-9-12(15(20)17-22)7-8-13(14)10-19;16-9-15-5-3-14(4-6-15)8-11-1-2-12-13(7-11)18-10-17-12;1-7-4-5-9(10-3)8(2)6-7;1-3-5-4-2/h6-10H,4-5H2,1-3H3;1-2,7,9H,3-6,8,10H2;4-6,10H,1-3H3;3-5H,1H2,2H3/b11-6+;;;5-4-. The lowest BCUT2D eigenvalue weighted by molar-refractivity contribution is -0.119. The molecule has 5 rings (SSSR count). The molecule has 0 aliphatic carbocycles. The summed E-state index contributed by atoms with van der Waals surface area (Å²) < 4.78 is 10.7. The molecule has 3 amide bonds. The third-order valence-electron chi connectivity index (χ3n) is 8.68. The predicted octanol–water partition coefficient (Wildman–Crippen LogP) is 7.96. The Morgan fingerprint density at radius 1 is 0.982 bits per heavy atom. The van der Waals surface area contributed by atoms with Gasteiger partial charge in [0.2, 0.25) is 13.2 Å². The van der Waals surface area contributed by atoms with E-state index in [1.165, 1.54) is 45.5 Å². The summed E-state index contributed by atoms with van der Waals surface area (Å²) in [4.78, 5) is 61.4. The molecule has 0 bridgehead atoms. The second-order valence-electron chi connectivity index (χ2n) is 12.7. The number of carbonyl (C=O) groups excluding carboxylic acids is 4. The number of anilines is 1. The van der Waals surface area contributed by atoms with Crippen LogP contribution in [-0.2, 0) is 11.3 Å². The fraction of sp³-hybridized carbons (Fsp3) is 0.349. The number of fused-ring (bicyclic) bond motifs is 1. The molecular formula is C43H55N5O7. The average molecular weight is 754 g/mol. The van der Waals surface area contributed by atoms with E-state index < -0.39 is 11.8 Å². The van der Waals surface area contributed by atoms with E-state index in [9.17, 15) is 24.1 Å². The van der Waals surface area contributed by atoms with E-state index in [2.05, 4.69) is 60.1 Å². The molecule has 2 aliphatic rings. The van der Waals surface area contributed by atoms with Gasteiger partial charge in [0.25, 0.3) is 5.91 Å². The second kappa shape index (κ2) is 24.4. The number of aryl methyl sites for hydroxylation is 2. The number of hydrogen-bond acceptors (Lipinski definition) is 9. The van der Waals surface area contributed by atoms with E-state index in [0.29, 0.717) is 13.1 Å². The summed E-state index contributed by atoms with van der Waals surface area (Å²) in [6.07, 6.45) is 10.7. The number of nitrogens with zero attached hydrogens (tertiary/aromatic N) is 4. The largest absolute Gasteiger partial charge is 0.454 e. The Hall–Kier alpha value is -5.88. The Morgan fingerprint density at radius 2 is 1.69 bits per heavy atom. The number of aldehydes is 1. The Labute approximate surface area is 325 Å². The van der Waals surface area contributed by atoms with Crippen LogP contribution in [0.3, 0.4) is 0 Å². The van der Waals surface area contributed by atoms with Gasteiger partial charge in [0.1, 0.15) is 0 Å². The smallest absolute Gasteiger partial charge is 0.316 e. The van der Waals surface area contributed by atoms with Gasteiger partial charge in [0.15, 0.2) is 17.8 Å². The molecular weight excluding hydrogens is 699 g/mol. The van der Waals surface area contributed by atoms with Gasteiger partial charge in [-0.2, -0.15) is 0 Å². The lowest BCUT2D eigenvalue weighted by atomic mass is 10.0. The molecule has 12 heteroatoms. The molecule has 1 N–H and O–H groups in total. The maximum absolute atomic E-state index is 12.5. The number of piperazine rings is 1. The van der Waals surface area contributed by atoms with E-state index in [1.807, 2.05) is 56.2 Å². The summed E-state index contributed by atoms with van der Waals surface area (Å²) >= 11 is 0. The number of ether oxygens (including phenoxy) is 2. The van der Waals surface area contributed by atoms with Crippen molar-refractivity contribution in [1.29, 1.82) is 0 Å². The Bertz CT molecular complexity index is 1810. The van der Waals surface area contributed by atoms with Crippen LogP contribution in [0.5, 0.6) is 11.5 Å². The van der Waals surface area contributed by atoms with Gasteiger partial charge < -0.3 is 24.6 Å². The van der Waals surface area contributed by atoms with Crippen molar-refractivity contribution in [3.05, 3.63) is 129 Å². The topological polar surface area (TPSA) is 138 Å². The zero-order valence-corrected chi connectivity index (χ0v) is 33.2. The molecule has 0 saturated carbocycles. The third kappa shape index (κ3) is 14.8. The summed E-state index contributed by atoms with van der Waals surface area (Å²) in [5.74, 6) is 0.253. The highest BCUT2D eigenvalue weighted by Gasteiger charge is 2.20. The Balaban J connectivity index is 0.000000282. The molecule has 12 nitrogen and oxygen atoms in total. The van der Waals surface area contributed by atoms with Crippen LogP contribution in [-0.4, -0.2) is 86.3 Å². The van der Waals surface area contributed by atoms with Gasteiger partial charge in [-0.05, 0) is 75.6 Å². The molecule has 1 fully saturated rings. The predicted molar refractivity (Wildman–Crippen MR) is 219 cm³/mol. The van der Waals surface area contributed by atoms with Gasteiger partial charge in [0, 0.05) is 74.5 Å². The molecule has 0 unspecified atom stereocenters. The molecule has 2 heterocycles. The van der Waals surface area contributed by atoms with Gasteiger partial charge >= 0.3 is 5.91 Å². The summed E-state index contributed by atoms with van der Waals surface area (Å²) in [6, 6.07) is 16.3. The lowest BCUT2D eigenvalue weighted by Crippen LogP contribution is -2.45. The number of amides is 3. The van der Waals surface area contributed by atoms with E-state index in [-0.39, 0.29) is 16.7 Å². The number of hydrogen-bond donors (Lipinski definition) is 1. The number of benzene rings is 3. The van der Waals surface area contributed by atoms with E-state index in [0.717, 1.165) is 69.2 Å². The number of unbranched alkanes of at least 4 members (excludes halogenated alkanes) is 1. The molecule has 0 spiro atoms. The van der Waals surface area contributed by atoms with E-state index in [4.69, 9.17) is 9.47 Å². The van der Waals surface area contributed by atoms with E-state index >= 15 is 0 Å².